The highest BCUT2D eigenvalue weighted by Crippen LogP contribution is 2.46. The molecule has 2 aromatic carbocycles. The average Bonchev–Trinajstić information content (AvgIpc) is 4.29. The van der Waals surface area contributed by atoms with Crippen LogP contribution in [0.1, 0.15) is 168 Å². The van der Waals surface area contributed by atoms with E-state index in [0.29, 0.717) is 50.2 Å². The fourth-order valence-corrected chi connectivity index (χ4v) is 19.4. The predicted molar refractivity (Wildman–Crippen MR) is 326 cm³/mol. The summed E-state index contributed by atoms with van der Waals surface area (Å²) >= 11 is -1.20. The number of hydrogen-bond donors (Lipinski definition) is 2. The Bertz CT molecular complexity index is 3090. The maximum Gasteiger partial charge on any atom is 0.324 e. The topological polar surface area (TPSA) is 174 Å². The molecule has 5 aromatic rings. The van der Waals surface area contributed by atoms with Gasteiger partial charge < -0.3 is 28.5 Å². The van der Waals surface area contributed by atoms with E-state index in [4.69, 9.17) is 14.1 Å². The molecule has 81 heavy (non-hydrogen) atoms. The van der Waals surface area contributed by atoms with E-state index < -0.39 is 71.7 Å². The van der Waals surface area contributed by atoms with E-state index in [1.165, 1.54) is 16.1 Å². The number of carbonyl (C=O) groups is 4. The molecule has 6 heterocycles. The van der Waals surface area contributed by atoms with Gasteiger partial charge in [-0.1, -0.05) is 95.2 Å². The zero-order chi connectivity index (χ0) is 59.2. The van der Waals surface area contributed by atoms with E-state index in [0.717, 1.165) is 55.8 Å². The molecule has 6 bridgehead atoms. The number of pyridine rings is 2. The highest BCUT2D eigenvalue weighted by Gasteiger charge is 2.51. The monoisotopic (exact) mass is 1140 g/mol. The fraction of sp³-hybridized carbons (Fsp3) is 0.562. The van der Waals surface area contributed by atoms with E-state index in [1.807, 2.05) is 57.3 Å². The SMILES string of the molecule is CCn1c(-c2cccnc2C(C)C)c2c3cc(ccc31)-c1cc(cc(O[Si](C(C)C)(C(C)C)C(C)C)c1)C[C@H](NC(=O)[C@H](C(C)C)N(C)C(=O)c1ccc([C@@H]3CN3[S+]([O-])C(C)(C)C)nc1)C(=O)N1CCC[C@H](N1)C(=O)OCC(C)(C)C2. The van der Waals surface area contributed by atoms with Crippen molar-refractivity contribution in [2.45, 2.75) is 194 Å². The Morgan fingerprint density at radius 1 is 0.951 bits per heavy atom. The summed E-state index contributed by atoms with van der Waals surface area (Å²) in [5.74, 6) is -1.27. The van der Waals surface area contributed by atoms with Crippen molar-refractivity contribution in [3.63, 3.8) is 0 Å². The number of nitrogens with zero attached hydrogens (tertiary/aromatic N) is 6. The third-order valence-corrected chi connectivity index (χ3v) is 24.7. The van der Waals surface area contributed by atoms with Gasteiger partial charge in [-0.15, -0.1) is 4.31 Å². The van der Waals surface area contributed by atoms with Crippen molar-refractivity contribution in [3.05, 3.63) is 101 Å². The maximum absolute atomic E-state index is 15.3. The lowest BCUT2D eigenvalue weighted by Crippen LogP contribution is -2.62. The molecule has 8 rings (SSSR count). The van der Waals surface area contributed by atoms with Crippen molar-refractivity contribution in [2.75, 3.05) is 26.7 Å². The first-order valence-corrected chi connectivity index (χ1v) is 32.7. The molecule has 15 nitrogen and oxygen atoms in total. The summed E-state index contributed by atoms with van der Waals surface area (Å²) in [7, 11) is -0.943. The van der Waals surface area contributed by atoms with Crippen LogP contribution < -0.4 is 15.2 Å². The molecule has 17 heteroatoms. The van der Waals surface area contributed by atoms with Gasteiger partial charge in [-0.2, -0.15) is 0 Å². The smallest absolute Gasteiger partial charge is 0.324 e. The second-order valence-electron chi connectivity index (χ2n) is 26.3. The number of carbonyl (C=O) groups excluding carboxylic acids is 4. The van der Waals surface area contributed by atoms with E-state index in [1.54, 1.807) is 19.2 Å². The van der Waals surface area contributed by atoms with Crippen LogP contribution in [-0.2, 0) is 49.9 Å². The molecule has 438 valence electrons. The number of hydrazine groups is 1. The number of rotatable bonds is 15. The number of esters is 1. The summed E-state index contributed by atoms with van der Waals surface area (Å²) < 4.78 is 30.7. The van der Waals surface area contributed by atoms with E-state index in [9.17, 15) is 14.1 Å². The van der Waals surface area contributed by atoms with E-state index in [2.05, 4.69) is 133 Å². The molecule has 2 N–H and O–H groups in total. The molecule has 0 radical (unpaired) electrons. The molecule has 3 aromatic heterocycles. The molecule has 2 unspecified atom stereocenters. The Morgan fingerprint density at radius 3 is 2.27 bits per heavy atom. The van der Waals surface area contributed by atoms with Gasteiger partial charge in [-0.3, -0.25) is 34.2 Å². The van der Waals surface area contributed by atoms with Gasteiger partial charge in [0, 0.05) is 72.2 Å². The van der Waals surface area contributed by atoms with Gasteiger partial charge >= 0.3 is 5.97 Å². The van der Waals surface area contributed by atoms with Gasteiger partial charge in [0.2, 0.25) is 5.91 Å². The molecule has 6 atom stereocenters. The lowest BCUT2D eigenvalue weighted by atomic mass is 9.83. The first kappa shape index (κ1) is 61.5. The predicted octanol–water partition coefficient (Wildman–Crippen LogP) is 11.7. The van der Waals surface area contributed by atoms with Crippen LogP contribution >= 0.6 is 0 Å². The molecule has 3 aliphatic rings. The van der Waals surface area contributed by atoms with Gasteiger partial charge in [0.05, 0.1) is 35.8 Å². The first-order valence-electron chi connectivity index (χ1n) is 29.5. The second-order valence-corrected chi connectivity index (χ2v) is 33.8. The standard InChI is InChI=1S/C64H90N8O7SSi/c1-18-70-54-26-24-44-33-49(54)50(58(70)48-21-19-27-65-56(48)38(2)3)34-64(15,16)37-78-62(76)52-22-20-28-71(68-52)61(75)53(31-43-29-46(44)32-47(30-43)79-81(40(6)7,41(8)9)42(10)11)67-59(73)57(39(4)5)69(17)60(74)45-23-25-51(66-35-45)55-36-72(55)80(77)63(12,13)14/h19,21,23-27,29-30,32-33,35,38-42,52-53,55,57,68H,18,20,22,28,31,34,36-37H2,1-17H3,(H,67,73)/t52-,53-,55-,57-,72?,80?/m0/s1. The van der Waals surface area contributed by atoms with E-state index in [-0.39, 0.29) is 47.5 Å². The minimum atomic E-state index is -2.55. The van der Waals surface area contributed by atoms with Gasteiger partial charge in [0.15, 0.2) is 0 Å². The molecular formula is C64H90N8O7SSi. The normalized spacial score (nSPS) is 20.7. The highest BCUT2D eigenvalue weighted by atomic mass is 32.2. The van der Waals surface area contributed by atoms with Crippen LogP contribution in [0.3, 0.4) is 0 Å². The van der Waals surface area contributed by atoms with Crippen molar-refractivity contribution >= 4 is 54.3 Å². The highest BCUT2D eigenvalue weighted by molar-refractivity contribution is 7.90. The quantitative estimate of drug-likeness (QED) is 0.0442. The number of benzene rings is 2. The molecule has 2 fully saturated rings. The van der Waals surface area contributed by atoms with Crippen molar-refractivity contribution in [2.24, 2.45) is 11.3 Å². The molecule has 2 saturated heterocycles. The lowest BCUT2D eigenvalue weighted by molar-refractivity contribution is -0.155. The first-order chi connectivity index (χ1) is 38.1. The fourth-order valence-electron chi connectivity index (χ4n) is 12.8. The van der Waals surface area contributed by atoms with Crippen LogP contribution in [0.2, 0.25) is 16.6 Å². The molecule has 3 amide bonds. The average molecular weight is 1140 g/mol. The van der Waals surface area contributed by atoms with Gasteiger partial charge in [-0.05, 0) is 146 Å². The minimum absolute atomic E-state index is 0.0741. The Balaban J connectivity index is 1.25. The number of likely N-dealkylation sites (N-methyl/N-ethyl adjacent to an activating group) is 1. The Kier molecular flexibility index (Phi) is 18.5. The third kappa shape index (κ3) is 12.8. The number of amides is 3. The van der Waals surface area contributed by atoms with Crippen LogP contribution in [0.25, 0.3) is 33.3 Å². The number of aromatic nitrogens is 3. The number of fused-ring (bicyclic) bond motifs is 6. The Hall–Kier alpha value is -5.59. The molecule has 0 aliphatic carbocycles. The summed E-state index contributed by atoms with van der Waals surface area (Å²) in [5, 5.41) is 5.72. The Morgan fingerprint density at radius 2 is 1.65 bits per heavy atom. The van der Waals surface area contributed by atoms with Crippen molar-refractivity contribution in [1.82, 2.24) is 39.5 Å². The van der Waals surface area contributed by atoms with Crippen LogP contribution in [0.4, 0.5) is 0 Å². The molecule has 0 spiro atoms. The van der Waals surface area contributed by atoms with Crippen LogP contribution in [0, 0.1) is 11.3 Å². The zero-order valence-corrected chi connectivity index (χ0v) is 53.0. The summed E-state index contributed by atoms with van der Waals surface area (Å²) in [6.07, 6.45) is 5.04. The maximum atomic E-state index is 15.3. The van der Waals surface area contributed by atoms with Crippen molar-refractivity contribution in [1.29, 1.82) is 0 Å². The van der Waals surface area contributed by atoms with Crippen LogP contribution in [-0.4, -0.2) is 115 Å². The van der Waals surface area contributed by atoms with E-state index >= 15 is 9.59 Å². The number of ether oxygens (including phenoxy) is 1. The Labute approximate surface area is 486 Å². The van der Waals surface area contributed by atoms with Crippen molar-refractivity contribution in [3.8, 4) is 28.1 Å². The van der Waals surface area contributed by atoms with Crippen molar-refractivity contribution < 1.29 is 32.9 Å². The van der Waals surface area contributed by atoms with Gasteiger partial charge in [0.25, 0.3) is 20.1 Å². The van der Waals surface area contributed by atoms with Gasteiger partial charge in [-0.25, -0.2) is 5.43 Å². The summed E-state index contributed by atoms with van der Waals surface area (Å²) in [5.41, 5.74) is 12.6. The largest absolute Gasteiger partial charge is 0.597 e. The second kappa shape index (κ2) is 24.3. The summed E-state index contributed by atoms with van der Waals surface area (Å²) in [6.45, 7) is 35.7. The van der Waals surface area contributed by atoms with Crippen LogP contribution in [0.5, 0.6) is 5.75 Å². The van der Waals surface area contributed by atoms with Gasteiger partial charge in [0.1, 0.15) is 34.7 Å². The molecule has 3 aliphatic heterocycles. The third-order valence-electron chi connectivity index (χ3n) is 16.8. The number of cyclic esters (lactones) is 1. The zero-order valence-electron chi connectivity index (χ0n) is 51.2. The number of nitrogens with one attached hydrogen (secondary N) is 2. The lowest BCUT2D eigenvalue weighted by Gasteiger charge is -2.42. The number of hydrogen-bond acceptors (Lipinski definition) is 11. The summed E-state index contributed by atoms with van der Waals surface area (Å²) in [6, 6.07) is 17.6. The number of aryl methyl sites for hydroxylation is 1. The summed E-state index contributed by atoms with van der Waals surface area (Å²) in [4.78, 5) is 70.1. The molecule has 0 saturated carbocycles. The minimum Gasteiger partial charge on any atom is -0.597 e. The van der Waals surface area contributed by atoms with Crippen LogP contribution in [0.15, 0.2) is 73.1 Å². The molecular weight excluding hydrogens is 1050 g/mol.